The third-order valence-corrected chi connectivity index (χ3v) is 3.36. The van der Waals surface area contributed by atoms with Crippen molar-refractivity contribution < 1.29 is 10.0 Å². The second-order valence-electron chi connectivity index (χ2n) is 4.63. The molecule has 17 heavy (non-hydrogen) atoms. The van der Waals surface area contributed by atoms with Crippen molar-refractivity contribution in [2.75, 3.05) is 18.0 Å². The monoisotopic (exact) mass is 236 g/mol. The largest absolute Gasteiger partial charge is 0.386 e. The number of nitro benzene ring substituents is 1. The number of anilines is 1. The van der Waals surface area contributed by atoms with Crippen molar-refractivity contribution in [1.82, 2.24) is 0 Å². The van der Waals surface area contributed by atoms with Crippen molar-refractivity contribution >= 4 is 11.4 Å². The number of nitro groups is 1. The number of aliphatic hydroxyl groups is 1. The number of para-hydroxylation sites is 1. The minimum Gasteiger partial charge on any atom is -0.386 e. The van der Waals surface area contributed by atoms with E-state index in [0.29, 0.717) is 25.2 Å². The standard InChI is InChI=1S/C12H16N2O3/c1-3-12(15)7-13(8-12)11-9(2)5-4-6-10(11)14(16)17/h4-6,15H,3,7-8H2,1-2H3. The quantitative estimate of drug-likeness (QED) is 0.642. The van der Waals surface area contributed by atoms with E-state index in [9.17, 15) is 15.2 Å². The fraction of sp³-hybridized carbons (Fsp3) is 0.500. The van der Waals surface area contributed by atoms with E-state index in [2.05, 4.69) is 0 Å². The first kappa shape index (κ1) is 11.9. The smallest absolute Gasteiger partial charge is 0.292 e. The summed E-state index contributed by atoms with van der Waals surface area (Å²) >= 11 is 0. The molecule has 5 nitrogen and oxygen atoms in total. The highest BCUT2D eigenvalue weighted by Gasteiger charge is 2.42. The number of nitrogens with zero attached hydrogens (tertiary/aromatic N) is 2. The van der Waals surface area contributed by atoms with Gasteiger partial charge in [-0.2, -0.15) is 0 Å². The van der Waals surface area contributed by atoms with E-state index in [1.807, 2.05) is 24.8 Å². The van der Waals surface area contributed by atoms with Gasteiger partial charge in [-0.1, -0.05) is 19.1 Å². The topological polar surface area (TPSA) is 66.6 Å². The molecule has 0 amide bonds. The van der Waals surface area contributed by atoms with Gasteiger partial charge in [0.1, 0.15) is 5.69 Å². The number of rotatable bonds is 3. The molecule has 1 aliphatic heterocycles. The first-order valence-electron chi connectivity index (χ1n) is 5.68. The van der Waals surface area contributed by atoms with Crippen molar-refractivity contribution in [2.45, 2.75) is 25.9 Å². The Morgan fingerprint density at radius 1 is 1.53 bits per heavy atom. The molecule has 5 heteroatoms. The van der Waals surface area contributed by atoms with Gasteiger partial charge in [0.15, 0.2) is 0 Å². The predicted molar refractivity (Wildman–Crippen MR) is 65.3 cm³/mol. The van der Waals surface area contributed by atoms with E-state index < -0.39 is 5.60 Å². The maximum atomic E-state index is 11.0. The molecule has 0 spiro atoms. The molecule has 1 aromatic carbocycles. The van der Waals surface area contributed by atoms with Gasteiger partial charge in [-0.3, -0.25) is 10.1 Å². The number of hydrogen-bond donors (Lipinski definition) is 1. The van der Waals surface area contributed by atoms with E-state index in [1.54, 1.807) is 6.07 Å². The number of β-amino-alcohol motifs (C(OH)–C–C–N with tert-alkyl or cyclic N) is 1. The second kappa shape index (κ2) is 4.00. The third-order valence-electron chi connectivity index (χ3n) is 3.36. The van der Waals surface area contributed by atoms with Crippen LogP contribution in [-0.4, -0.2) is 28.7 Å². The van der Waals surface area contributed by atoms with Crippen LogP contribution in [0.25, 0.3) is 0 Å². The Bertz CT molecular complexity index is 453. The van der Waals surface area contributed by atoms with Crippen molar-refractivity contribution in [2.24, 2.45) is 0 Å². The van der Waals surface area contributed by atoms with Crippen LogP contribution in [0.4, 0.5) is 11.4 Å². The van der Waals surface area contributed by atoms with Crippen LogP contribution >= 0.6 is 0 Å². The summed E-state index contributed by atoms with van der Waals surface area (Å²) in [4.78, 5) is 12.5. The molecule has 1 N–H and O–H groups in total. The van der Waals surface area contributed by atoms with Crippen molar-refractivity contribution in [3.05, 3.63) is 33.9 Å². The lowest BCUT2D eigenvalue weighted by molar-refractivity contribution is -0.384. The number of aryl methyl sites for hydroxylation is 1. The summed E-state index contributed by atoms with van der Waals surface area (Å²) in [7, 11) is 0. The molecule has 0 aliphatic carbocycles. The van der Waals surface area contributed by atoms with Crippen LogP contribution in [0.15, 0.2) is 18.2 Å². The summed E-state index contributed by atoms with van der Waals surface area (Å²) in [6.07, 6.45) is 0.670. The zero-order valence-corrected chi connectivity index (χ0v) is 10.0. The summed E-state index contributed by atoms with van der Waals surface area (Å²) in [5, 5.41) is 20.9. The molecule has 1 heterocycles. The summed E-state index contributed by atoms with van der Waals surface area (Å²) in [5.41, 5.74) is 0.937. The highest BCUT2D eigenvalue weighted by Crippen LogP contribution is 2.38. The second-order valence-corrected chi connectivity index (χ2v) is 4.63. The summed E-state index contributed by atoms with van der Waals surface area (Å²) in [5.74, 6) is 0. The summed E-state index contributed by atoms with van der Waals surface area (Å²) in [6, 6.07) is 5.04. The van der Waals surface area contributed by atoms with Crippen LogP contribution < -0.4 is 4.90 Å². The lowest BCUT2D eigenvalue weighted by atomic mass is 9.90. The molecule has 0 bridgehead atoms. The Kier molecular flexibility index (Phi) is 2.79. The zero-order chi connectivity index (χ0) is 12.6. The molecule has 0 atom stereocenters. The fourth-order valence-electron chi connectivity index (χ4n) is 2.25. The van der Waals surface area contributed by atoms with E-state index in [1.165, 1.54) is 6.07 Å². The Hall–Kier alpha value is -1.62. The normalized spacial score (nSPS) is 17.7. The lowest BCUT2D eigenvalue weighted by Gasteiger charge is -2.47. The lowest BCUT2D eigenvalue weighted by Crippen LogP contribution is -2.61. The van der Waals surface area contributed by atoms with Gasteiger partial charge in [0.25, 0.3) is 5.69 Å². The number of benzene rings is 1. The third kappa shape index (κ3) is 1.98. The van der Waals surface area contributed by atoms with E-state index in [4.69, 9.17) is 0 Å². The van der Waals surface area contributed by atoms with Gasteiger partial charge >= 0.3 is 0 Å². The molecule has 1 saturated heterocycles. The molecule has 0 unspecified atom stereocenters. The molecule has 0 aromatic heterocycles. The molecule has 0 radical (unpaired) electrons. The fourth-order valence-corrected chi connectivity index (χ4v) is 2.25. The Balaban J connectivity index is 2.31. The van der Waals surface area contributed by atoms with E-state index >= 15 is 0 Å². The highest BCUT2D eigenvalue weighted by atomic mass is 16.6. The van der Waals surface area contributed by atoms with Gasteiger partial charge in [0.05, 0.1) is 10.5 Å². The van der Waals surface area contributed by atoms with Crippen LogP contribution in [0.1, 0.15) is 18.9 Å². The van der Waals surface area contributed by atoms with Crippen molar-refractivity contribution in [3.8, 4) is 0 Å². The molecule has 1 aliphatic rings. The minimum atomic E-state index is -0.684. The van der Waals surface area contributed by atoms with Gasteiger partial charge in [0, 0.05) is 19.2 Å². The predicted octanol–water partition coefficient (Wildman–Crippen LogP) is 1.86. The Morgan fingerprint density at radius 2 is 2.18 bits per heavy atom. The van der Waals surface area contributed by atoms with E-state index in [-0.39, 0.29) is 10.6 Å². The minimum absolute atomic E-state index is 0.114. The van der Waals surface area contributed by atoms with Gasteiger partial charge in [-0.25, -0.2) is 0 Å². The number of hydrogen-bond acceptors (Lipinski definition) is 4. The maximum absolute atomic E-state index is 11.0. The van der Waals surface area contributed by atoms with Gasteiger partial charge in [-0.05, 0) is 18.9 Å². The van der Waals surface area contributed by atoms with Crippen LogP contribution in [-0.2, 0) is 0 Å². The SMILES string of the molecule is CCC1(O)CN(c2c(C)cccc2[N+](=O)[O-])C1. The van der Waals surface area contributed by atoms with Crippen LogP contribution in [0, 0.1) is 17.0 Å². The average Bonchev–Trinajstić information content (AvgIpc) is 2.24. The zero-order valence-electron chi connectivity index (χ0n) is 10.0. The Labute approximate surface area is 99.8 Å². The molecule has 2 rings (SSSR count). The molecule has 1 fully saturated rings. The average molecular weight is 236 g/mol. The molecule has 0 saturated carbocycles. The van der Waals surface area contributed by atoms with E-state index in [0.717, 1.165) is 5.56 Å². The van der Waals surface area contributed by atoms with Crippen molar-refractivity contribution in [1.29, 1.82) is 0 Å². The molecule has 1 aromatic rings. The van der Waals surface area contributed by atoms with Crippen LogP contribution in [0.3, 0.4) is 0 Å². The van der Waals surface area contributed by atoms with Gasteiger partial charge in [0.2, 0.25) is 0 Å². The molecular weight excluding hydrogens is 220 g/mol. The first-order chi connectivity index (χ1) is 7.97. The molecular formula is C12H16N2O3. The molecule has 92 valence electrons. The highest BCUT2D eigenvalue weighted by molar-refractivity contribution is 5.69. The van der Waals surface area contributed by atoms with Gasteiger partial charge < -0.3 is 10.0 Å². The Morgan fingerprint density at radius 3 is 2.71 bits per heavy atom. The van der Waals surface area contributed by atoms with Crippen molar-refractivity contribution in [3.63, 3.8) is 0 Å². The summed E-state index contributed by atoms with van der Waals surface area (Å²) < 4.78 is 0. The summed E-state index contributed by atoms with van der Waals surface area (Å²) in [6.45, 7) is 4.71. The van der Waals surface area contributed by atoms with Gasteiger partial charge in [-0.15, -0.1) is 0 Å². The van der Waals surface area contributed by atoms with Crippen LogP contribution in [0.2, 0.25) is 0 Å². The maximum Gasteiger partial charge on any atom is 0.292 e. The first-order valence-corrected chi connectivity index (χ1v) is 5.68. The van der Waals surface area contributed by atoms with Crippen LogP contribution in [0.5, 0.6) is 0 Å².